The second kappa shape index (κ2) is 4.33. The molecule has 2 fully saturated rings. The molecule has 0 amide bonds. The van der Waals surface area contributed by atoms with E-state index >= 15 is 0 Å². The fourth-order valence-corrected chi connectivity index (χ4v) is 3.24. The van der Waals surface area contributed by atoms with E-state index in [4.69, 9.17) is 4.52 Å². The molecule has 1 saturated carbocycles. The first-order chi connectivity index (χ1) is 9.40. The van der Waals surface area contributed by atoms with Crippen LogP contribution in [0.2, 0.25) is 0 Å². The van der Waals surface area contributed by atoms with Gasteiger partial charge < -0.3 is 14.5 Å². The Labute approximate surface area is 116 Å². The van der Waals surface area contributed by atoms with Gasteiger partial charge in [0.05, 0.1) is 0 Å². The lowest BCUT2D eigenvalue weighted by Crippen LogP contribution is -2.62. The van der Waals surface area contributed by atoms with Gasteiger partial charge in [-0.1, -0.05) is 19.0 Å². The summed E-state index contributed by atoms with van der Waals surface area (Å²) in [6.07, 6.45) is 1.33. The van der Waals surface area contributed by atoms with Crippen molar-refractivity contribution in [3.63, 3.8) is 0 Å². The molecule has 1 atom stereocenters. The highest BCUT2D eigenvalue weighted by molar-refractivity contribution is 5.87. The summed E-state index contributed by atoms with van der Waals surface area (Å²) in [6, 6.07) is 1.71. The standard InChI is InChI=1S/C14H18N2O4/c1-8(2)12(13(18)19)10-3-11(15-20-10)16-6-14(7-16)4-9(17)5-14/h3,8,12H,4-7H2,1-2H3,(H,18,19). The van der Waals surface area contributed by atoms with Gasteiger partial charge in [0.25, 0.3) is 0 Å². The number of hydrogen-bond acceptors (Lipinski definition) is 5. The summed E-state index contributed by atoms with van der Waals surface area (Å²) in [5.74, 6) is -0.217. The van der Waals surface area contributed by atoms with Crippen molar-refractivity contribution in [3.05, 3.63) is 11.8 Å². The second-order valence-corrected chi connectivity index (χ2v) is 6.40. The number of carbonyl (C=O) groups is 2. The van der Waals surface area contributed by atoms with Crippen LogP contribution in [-0.2, 0) is 9.59 Å². The monoisotopic (exact) mass is 278 g/mol. The van der Waals surface area contributed by atoms with Gasteiger partial charge in [-0.2, -0.15) is 0 Å². The Morgan fingerprint density at radius 3 is 2.60 bits per heavy atom. The summed E-state index contributed by atoms with van der Waals surface area (Å²) < 4.78 is 5.21. The Hall–Kier alpha value is -1.85. The fraction of sp³-hybridized carbons (Fsp3) is 0.643. The number of Topliss-reactive ketones (excluding diaryl/α,β-unsaturated/α-hetero) is 1. The smallest absolute Gasteiger partial charge is 0.314 e. The molecule has 0 aromatic carbocycles. The molecular weight excluding hydrogens is 260 g/mol. The molecule has 6 heteroatoms. The molecule has 1 spiro atoms. The molecule has 3 rings (SSSR count). The van der Waals surface area contributed by atoms with Crippen LogP contribution in [0.15, 0.2) is 10.6 Å². The van der Waals surface area contributed by atoms with Crippen molar-refractivity contribution in [2.75, 3.05) is 18.0 Å². The average Bonchev–Trinajstić information content (AvgIpc) is 2.69. The first-order valence-corrected chi connectivity index (χ1v) is 6.86. The second-order valence-electron chi connectivity index (χ2n) is 6.40. The minimum Gasteiger partial charge on any atom is -0.481 e. The molecule has 1 aliphatic carbocycles. The molecule has 6 nitrogen and oxygen atoms in total. The SMILES string of the molecule is CC(C)C(C(=O)O)c1cc(N2CC3(CC(=O)C3)C2)no1. The zero-order valence-electron chi connectivity index (χ0n) is 11.6. The summed E-state index contributed by atoms with van der Waals surface area (Å²) in [7, 11) is 0. The van der Waals surface area contributed by atoms with Gasteiger partial charge in [0.15, 0.2) is 11.6 Å². The molecule has 2 heterocycles. The molecule has 1 aromatic heterocycles. The van der Waals surface area contributed by atoms with Crippen molar-refractivity contribution >= 4 is 17.6 Å². The Balaban J connectivity index is 1.69. The van der Waals surface area contributed by atoms with E-state index in [9.17, 15) is 14.7 Å². The quantitative estimate of drug-likeness (QED) is 0.902. The number of ketones is 1. The first-order valence-electron chi connectivity index (χ1n) is 6.86. The van der Waals surface area contributed by atoms with E-state index in [0.29, 0.717) is 30.2 Å². The Bertz CT molecular complexity index is 547. The van der Waals surface area contributed by atoms with Gasteiger partial charge in [-0.25, -0.2) is 0 Å². The van der Waals surface area contributed by atoms with Crippen LogP contribution in [0.5, 0.6) is 0 Å². The number of anilines is 1. The third kappa shape index (κ3) is 1.99. The summed E-state index contributed by atoms with van der Waals surface area (Å²) in [5, 5.41) is 13.2. The molecule has 1 aromatic rings. The Morgan fingerprint density at radius 1 is 1.45 bits per heavy atom. The number of nitrogens with zero attached hydrogens (tertiary/aromatic N) is 2. The highest BCUT2D eigenvalue weighted by atomic mass is 16.5. The van der Waals surface area contributed by atoms with Crippen LogP contribution in [0.4, 0.5) is 5.82 Å². The van der Waals surface area contributed by atoms with E-state index in [1.165, 1.54) is 0 Å². The highest BCUT2D eigenvalue weighted by Crippen LogP contribution is 2.47. The van der Waals surface area contributed by atoms with Crippen LogP contribution in [-0.4, -0.2) is 35.1 Å². The van der Waals surface area contributed by atoms with E-state index in [0.717, 1.165) is 13.1 Å². The van der Waals surface area contributed by atoms with Gasteiger partial charge in [-0.15, -0.1) is 0 Å². The van der Waals surface area contributed by atoms with Gasteiger partial charge >= 0.3 is 5.97 Å². The van der Waals surface area contributed by atoms with Crippen molar-refractivity contribution in [1.29, 1.82) is 0 Å². The van der Waals surface area contributed by atoms with E-state index < -0.39 is 11.9 Å². The van der Waals surface area contributed by atoms with Crippen molar-refractivity contribution in [3.8, 4) is 0 Å². The van der Waals surface area contributed by atoms with E-state index in [-0.39, 0.29) is 11.3 Å². The number of aliphatic carboxylic acids is 1. The number of hydrogen-bond donors (Lipinski definition) is 1. The molecular formula is C14H18N2O4. The maximum atomic E-state index is 11.3. The van der Waals surface area contributed by atoms with Gasteiger partial charge in [-0.05, 0) is 5.92 Å². The summed E-state index contributed by atoms with van der Waals surface area (Å²) in [6.45, 7) is 5.31. The third-order valence-electron chi connectivity index (χ3n) is 4.28. The molecule has 0 bridgehead atoms. The minimum atomic E-state index is -0.896. The number of carboxylic acid groups (broad SMARTS) is 1. The lowest BCUT2D eigenvalue weighted by atomic mass is 9.63. The normalized spacial score (nSPS) is 21.8. The van der Waals surface area contributed by atoms with Crippen LogP contribution >= 0.6 is 0 Å². The molecule has 2 aliphatic rings. The van der Waals surface area contributed by atoms with Crippen LogP contribution in [0.3, 0.4) is 0 Å². The van der Waals surface area contributed by atoms with Crippen molar-refractivity contribution in [1.82, 2.24) is 5.16 Å². The third-order valence-corrected chi connectivity index (χ3v) is 4.28. The predicted octanol–water partition coefficient (Wildman–Crippen LogP) is 1.67. The van der Waals surface area contributed by atoms with Gasteiger partial charge in [0.2, 0.25) is 0 Å². The maximum absolute atomic E-state index is 11.3. The molecule has 0 radical (unpaired) electrons. The molecule has 1 N–H and O–H groups in total. The van der Waals surface area contributed by atoms with Crippen LogP contribution in [0, 0.1) is 11.3 Å². The molecule has 108 valence electrons. The van der Waals surface area contributed by atoms with Crippen molar-refractivity contribution in [2.45, 2.75) is 32.6 Å². The summed E-state index contributed by atoms with van der Waals surface area (Å²) in [4.78, 5) is 24.4. The van der Waals surface area contributed by atoms with E-state index in [1.54, 1.807) is 6.07 Å². The Kier molecular flexibility index (Phi) is 2.84. The lowest BCUT2D eigenvalue weighted by Gasteiger charge is -2.54. The molecule has 1 unspecified atom stereocenters. The number of aromatic nitrogens is 1. The highest BCUT2D eigenvalue weighted by Gasteiger charge is 2.52. The van der Waals surface area contributed by atoms with Gasteiger partial charge in [-0.3, -0.25) is 9.59 Å². The minimum absolute atomic E-state index is 0.0553. The van der Waals surface area contributed by atoms with Crippen molar-refractivity contribution < 1.29 is 19.2 Å². The summed E-state index contributed by atoms with van der Waals surface area (Å²) >= 11 is 0. The Morgan fingerprint density at radius 2 is 2.10 bits per heavy atom. The van der Waals surface area contributed by atoms with Crippen LogP contribution in [0.25, 0.3) is 0 Å². The molecule has 20 heavy (non-hydrogen) atoms. The summed E-state index contributed by atoms with van der Waals surface area (Å²) in [5.41, 5.74) is 0.153. The molecule has 1 aliphatic heterocycles. The number of carbonyl (C=O) groups excluding carboxylic acids is 1. The number of rotatable bonds is 4. The van der Waals surface area contributed by atoms with E-state index in [1.807, 2.05) is 18.7 Å². The topological polar surface area (TPSA) is 83.6 Å². The predicted molar refractivity (Wildman–Crippen MR) is 70.6 cm³/mol. The van der Waals surface area contributed by atoms with Crippen molar-refractivity contribution in [2.24, 2.45) is 11.3 Å². The average molecular weight is 278 g/mol. The van der Waals surface area contributed by atoms with Gasteiger partial charge in [0, 0.05) is 37.4 Å². The first kappa shape index (κ1) is 13.1. The zero-order valence-corrected chi connectivity index (χ0v) is 11.6. The zero-order chi connectivity index (χ0) is 14.5. The van der Waals surface area contributed by atoms with Gasteiger partial charge in [0.1, 0.15) is 11.7 Å². The molecule has 1 saturated heterocycles. The van der Waals surface area contributed by atoms with E-state index in [2.05, 4.69) is 5.16 Å². The lowest BCUT2D eigenvalue weighted by molar-refractivity contribution is -0.140. The maximum Gasteiger partial charge on any atom is 0.314 e. The van der Waals surface area contributed by atoms with Crippen LogP contribution < -0.4 is 4.90 Å². The number of carboxylic acids is 1. The largest absolute Gasteiger partial charge is 0.481 e. The van der Waals surface area contributed by atoms with Crippen LogP contribution in [0.1, 0.15) is 38.4 Å². The fourth-order valence-electron chi connectivity index (χ4n) is 3.24.